The van der Waals surface area contributed by atoms with Crippen LogP contribution in [0.4, 0.5) is 0 Å². The first kappa shape index (κ1) is 19.9. The van der Waals surface area contributed by atoms with Crippen LogP contribution in [0.2, 0.25) is 0 Å². The summed E-state index contributed by atoms with van der Waals surface area (Å²) in [5.74, 6) is -0.331. The molecule has 2 N–H and O–H groups in total. The molecule has 0 bridgehead atoms. The molecule has 1 aliphatic carbocycles. The molecule has 0 aromatic heterocycles. The van der Waals surface area contributed by atoms with E-state index in [1.165, 1.54) is 44.6 Å². The van der Waals surface area contributed by atoms with Gasteiger partial charge in [0.15, 0.2) is 9.84 Å². The molecular weight excluding hydrogens is 336 g/mol. The maximum absolute atomic E-state index is 12.4. The predicted octanol–water partition coefficient (Wildman–Crippen LogP) is 2.91. The Labute approximate surface area is 151 Å². The molecule has 1 aromatic carbocycles. The lowest BCUT2D eigenvalue weighted by atomic mass is 10.1. The number of hydrogen-bond acceptors (Lipinski definition) is 4. The van der Waals surface area contributed by atoms with Crippen LogP contribution < -0.4 is 10.6 Å². The molecule has 1 amide bonds. The molecule has 1 aliphatic rings. The Hall–Kier alpha value is -1.40. The van der Waals surface area contributed by atoms with Gasteiger partial charge in [0.25, 0.3) is 5.91 Å². The Morgan fingerprint density at radius 1 is 1.08 bits per heavy atom. The summed E-state index contributed by atoms with van der Waals surface area (Å²) in [5.41, 5.74) is 0.227. The predicted molar refractivity (Wildman–Crippen MR) is 101 cm³/mol. The van der Waals surface area contributed by atoms with E-state index in [9.17, 15) is 13.2 Å². The highest BCUT2D eigenvalue weighted by atomic mass is 32.2. The van der Waals surface area contributed by atoms with Gasteiger partial charge in [-0.3, -0.25) is 4.79 Å². The molecular formula is C19H30N2O3S. The van der Waals surface area contributed by atoms with Crippen LogP contribution in [-0.2, 0) is 9.84 Å². The summed E-state index contributed by atoms with van der Waals surface area (Å²) < 4.78 is 24.9. The van der Waals surface area contributed by atoms with Crippen molar-refractivity contribution >= 4 is 15.7 Å². The second-order valence-electron chi connectivity index (χ2n) is 6.99. The van der Waals surface area contributed by atoms with Crippen molar-refractivity contribution < 1.29 is 13.2 Å². The first-order valence-electron chi connectivity index (χ1n) is 9.27. The number of nitrogens with one attached hydrogen (secondary N) is 2. The third-order valence-electron chi connectivity index (χ3n) is 4.76. The molecule has 140 valence electrons. The second kappa shape index (κ2) is 9.34. The summed E-state index contributed by atoms with van der Waals surface area (Å²) >= 11 is 0. The highest BCUT2D eigenvalue weighted by Crippen LogP contribution is 2.20. The molecule has 0 spiro atoms. The van der Waals surface area contributed by atoms with E-state index < -0.39 is 15.1 Å². The molecule has 0 aliphatic heterocycles. The van der Waals surface area contributed by atoms with Crippen molar-refractivity contribution in [2.75, 3.05) is 13.1 Å². The number of benzene rings is 1. The van der Waals surface area contributed by atoms with E-state index in [2.05, 4.69) is 10.6 Å². The van der Waals surface area contributed by atoms with Crippen molar-refractivity contribution in [1.82, 2.24) is 10.6 Å². The summed E-state index contributed by atoms with van der Waals surface area (Å²) in [7, 11) is -3.48. The van der Waals surface area contributed by atoms with Gasteiger partial charge in [0.2, 0.25) is 0 Å². The Morgan fingerprint density at radius 3 is 2.36 bits per heavy atom. The molecule has 1 fully saturated rings. The van der Waals surface area contributed by atoms with Crippen molar-refractivity contribution in [2.24, 2.45) is 0 Å². The van der Waals surface area contributed by atoms with E-state index in [4.69, 9.17) is 0 Å². The lowest BCUT2D eigenvalue weighted by Crippen LogP contribution is -2.37. The maximum Gasteiger partial charge on any atom is 0.252 e. The van der Waals surface area contributed by atoms with E-state index in [1.54, 1.807) is 32.0 Å². The van der Waals surface area contributed by atoms with Crippen molar-refractivity contribution in [3.63, 3.8) is 0 Å². The normalized spacial score (nSPS) is 16.6. The molecule has 6 heteroatoms. The van der Waals surface area contributed by atoms with Crippen molar-refractivity contribution in [3.8, 4) is 0 Å². The van der Waals surface area contributed by atoms with Gasteiger partial charge in [-0.25, -0.2) is 8.42 Å². The molecule has 1 aromatic rings. The van der Waals surface area contributed by atoms with Crippen LogP contribution in [0.5, 0.6) is 0 Å². The molecule has 0 atom stereocenters. The summed E-state index contributed by atoms with van der Waals surface area (Å²) in [5, 5.41) is 5.78. The van der Waals surface area contributed by atoms with E-state index in [1.807, 2.05) is 0 Å². The Bertz CT molecular complexity index is 663. The van der Waals surface area contributed by atoms with Crippen LogP contribution in [0.1, 0.15) is 62.7 Å². The maximum atomic E-state index is 12.4. The number of carbonyl (C=O) groups is 1. The zero-order chi connectivity index (χ0) is 18.3. The molecule has 1 saturated carbocycles. The van der Waals surface area contributed by atoms with Crippen molar-refractivity contribution in [1.29, 1.82) is 0 Å². The quantitative estimate of drug-likeness (QED) is 0.575. The number of hydrogen-bond donors (Lipinski definition) is 2. The average molecular weight is 367 g/mol. The SMILES string of the molecule is CC(C)S(=O)(=O)c1ccccc1C(=O)NCCNC1CCCCCC1. The molecule has 0 radical (unpaired) electrons. The fraction of sp³-hybridized carbons (Fsp3) is 0.632. The fourth-order valence-corrected chi connectivity index (χ4v) is 4.43. The Morgan fingerprint density at radius 2 is 1.72 bits per heavy atom. The third-order valence-corrected chi connectivity index (χ3v) is 6.97. The van der Waals surface area contributed by atoms with E-state index in [0.717, 1.165) is 0 Å². The first-order chi connectivity index (χ1) is 11.9. The standard InChI is InChI=1S/C19H30N2O3S/c1-15(2)25(23,24)18-12-8-7-11-17(18)19(22)21-14-13-20-16-9-5-3-4-6-10-16/h7-8,11-12,15-16,20H,3-6,9-10,13-14H2,1-2H3,(H,21,22). The number of sulfone groups is 1. The molecule has 0 saturated heterocycles. The van der Waals surface area contributed by atoms with Gasteiger partial charge in [0, 0.05) is 19.1 Å². The van der Waals surface area contributed by atoms with Gasteiger partial charge in [0.05, 0.1) is 15.7 Å². The molecule has 0 heterocycles. The van der Waals surface area contributed by atoms with Crippen LogP contribution in [0.3, 0.4) is 0 Å². The van der Waals surface area contributed by atoms with E-state index >= 15 is 0 Å². The minimum atomic E-state index is -3.48. The highest BCUT2D eigenvalue weighted by molar-refractivity contribution is 7.92. The van der Waals surface area contributed by atoms with Gasteiger partial charge in [-0.05, 0) is 38.8 Å². The van der Waals surface area contributed by atoms with E-state index in [0.29, 0.717) is 19.1 Å². The van der Waals surface area contributed by atoms with Gasteiger partial charge in [-0.2, -0.15) is 0 Å². The zero-order valence-corrected chi connectivity index (χ0v) is 16.1. The Balaban J connectivity index is 1.91. The molecule has 25 heavy (non-hydrogen) atoms. The monoisotopic (exact) mass is 366 g/mol. The van der Waals surface area contributed by atoms with E-state index in [-0.39, 0.29) is 16.4 Å². The molecule has 2 rings (SSSR count). The third kappa shape index (κ3) is 5.54. The van der Waals surface area contributed by atoms with Crippen LogP contribution in [0.25, 0.3) is 0 Å². The smallest absolute Gasteiger partial charge is 0.252 e. The van der Waals surface area contributed by atoms with Crippen molar-refractivity contribution in [3.05, 3.63) is 29.8 Å². The average Bonchev–Trinajstić information content (AvgIpc) is 2.87. The minimum Gasteiger partial charge on any atom is -0.351 e. The van der Waals surface area contributed by atoms with Gasteiger partial charge in [0.1, 0.15) is 0 Å². The minimum absolute atomic E-state index is 0.110. The second-order valence-corrected chi connectivity index (χ2v) is 9.46. The van der Waals surface area contributed by atoms with Gasteiger partial charge >= 0.3 is 0 Å². The number of carbonyl (C=O) groups excluding carboxylic acids is 1. The summed E-state index contributed by atoms with van der Waals surface area (Å²) in [6, 6.07) is 6.96. The lowest BCUT2D eigenvalue weighted by molar-refractivity contribution is 0.0950. The Kier molecular flexibility index (Phi) is 7.44. The summed E-state index contributed by atoms with van der Waals surface area (Å²) in [6.45, 7) is 4.45. The van der Waals surface area contributed by atoms with Crippen molar-refractivity contribution in [2.45, 2.75) is 68.6 Å². The van der Waals surface area contributed by atoms with Gasteiger partial charge in [-0.1, -0.05) is 37.8 Å². The van der Waals surface area contributed by atoms with Gasteiger partial charge < -0.3 is 10.6 Å². The first-order valence-corrected chi connectivity index (χ1v) is 10.8. The number of amides is 1. The summed E-state index contributed by atoms with van der Waals surface area (Å²) in [6.07, 6.45) is 7.56. The van der Waals surface area contributed by atoms with Gasteiger partial charge in [-0.15, -0.1) is 0 Å². The molecule has 5 nitrogen and oxygen atoms in total. The van der Waals surface area contributed by atoms with Crippen LogP contribution >= 0.6 is 0 Å². The molecule has 0 unspecified atom stereocenters. The largest absolute Gasteiger partial charge is 0.351 e. The summed E-state index contributed by atoms with van der Waals surface area (Å²) in [4.78, 5) is 12.5. The number of rotatable bonds is 7. The topological polar surface area (TPSA) is 75.3 Å². The van der Waals surface area contributed by atoms with Crippen LogP contribution in [-0.4, -0.2) is 38.7 Å². The fourth-order valence-electron chi connectivity index (χ4n) is 3.19. The highest BCUT2D eigenvalue weighted by Gasteiger charge is 2.25. The lowest BCUT2D eigenvalue weighted by Gasteiger charge is -2.17. The zero-order valence-electron chi connectivity index (χ0n) is 15.3. The van der Waals surface area contributed by atoms with Crippen LogP contribution in [0.15, 0.2) is 29.2 Å². The van der Waals surface area contributed by atoms with Crippen LogP contribution in [0, 0.1) is 0 Å².